The van der Waals surface area contributed by atoms with Crippen LogP contribution in [0.1, 0.15) is 140 Å². The minimum atomic E-state index is -0.595. The lowest BCUT2D eigenvalue weighted by atomic mass is 9.85. The highest BCUT2D eigenvalue weighted by Gasteiger charge is 2.33. The monoisotopic (exact) mass is 901 g/mol. The van der Waals surface area contributed by atoms with Gasteiger partial charge >= 0.3 is 0 Å². The Balaban J connectivity index is 2.69. The lowest BCUT2D eigenvalue weighted by Crippen LogP contribution is -2.61. The van der Waals surface area contributed by atoms with Gasteiger partial charge in [-0.1, -0.05) is 144 Å². The van der Waals surface area contributed by atoms with Gasteiger partial charge in [-0.3, -0.25) is 19.4 Å². The molecule has 0 spiro atoms. The molecule has 1 aliphatic heterocycles. The van der Waals surface area contributed by atoms with Gasteiger partial charge in [-0.2, -0.15) is 0 Å². The number of carbonyl (C=O) groups is 2. The van der Waals surface area contributed by atoms with Crippen molar-refractivity contribution in [2.45, 2.75) is 176 Å². The number of allylic oxidation sites excluding steroid dienone is 9. The number of nitrogens with one attached hydrogen (secondary N) is 2. The molecule has 0 radical (unpaired) electrons. The number of nitrogens with zero attached hydrogens (tertiary/aromatic N) is 2. The Hall–Kier alpha value is -2.43. The standard InChI is InChI=1S/C52H93N4O6P/c1-11-13-14-25-34-63-49(60)39-56(38-48(59)43(7)29-20-16-18-27-41(5)35-52(8,9)10)33-24-22-31-46-51(62)53-45(50(61)54-46)30-21-23-32-55(36-44(57)12-2)37-47(58)42(6)28-19-15-17-26-40(3)4/h11,13,17-20,25-29,34,40-49,57-60,63H,12,14-16,21-24,30-33,35-39H2,1-10H3,(H,53,62)(H,54,61)/b13-11-,26-17-,27-18-,28-19-,29-20-,34-25-. The minimum Gasteiger partial charge on any atom is -0.392 e. The fraction of sp³-hybridized carbons (Fsp3) is 0.731. The molecule has 0 aliphatic carbocycles. The van der Waals surface area contributed by atoms with E-state index in [2.05, 4.69) is 123 Å². The molecule has 0 aromatic carbocycles. The topological polar surface area (TPSA) is 146 Å². The Morgan fingerprint density at radius 3 is 1.60 bits per heavy atom. The molecule has 2 amide bonds. The van der Waals surface area contributed by atoms with Crippen molar-refractivity contribution in [3.8, 4) is 0 Å². The number of hydrogen-bond acceptors (Lipinski definition) is 8. The summed E-state index contributed by atoms with van der Waals surface area (Å²) in [5, 5.41) is 49.4. The molecule has 1 aliphatic rings. The van der Waals surface area contributed by atoms with E-state index in [1.807, 2.05) is 39.6 Å². The maximum absolute atomic E-state index is 13.2. The van der Waals surface area contributed by atoms with Crippen LogP contribution in [-0.2, 0) is 9.59 Å². The van der Waals surface area contributed by atoms with E-state index in [1.54, 1.807) is 0 Å². The summed E-state index contributed by atoms with van der Waals surface area (Å²) in [6, 6.07) is -1.17. The highest BCUT2D eigenvalue weighted by atomic mass is 31.1. The second-order valence-electron chi connectivity index (χ2n) is 19.6. The van der Waals surface area contributed by atoms with Crippen molar-refractivity contribution in [3.05, 3.63) is 72.7 Å². The van der Waals surface area contributed by atoms with Crippen molar-refractivity contribution in [1.29, 1.82) is 0 Å². The van der Waals surface area contributed by atoms with Crippen LogP contribution in [0, 0.1) is 29.1 Å². The quantitative estimate of drug-likeness (QED) is 0.0214. The first-order chi connectivity index (χ1) is 29.8. The molecule has 11 heteroatoms. The van der Waals surface area contributed by atoms with E-state index in [1.165, 1.54) is 0 Å². The highest BCUT2D eigenvalue weighted by Crippen LogP contribution is 2.25. The lowest BCUT2D eigenvalue weighted by molar-refractivity contribution is -0.137. The first-order valence-electron chi connectivity index (χ1n) is 24.3. The summed E-state index contributed by atoms with van der Waals surface area (Å²) in [5.74, 6) is 2.13. The molecule has 1 saturated heterocycles. The van der Waals surface area contributed by atoms with E-state index in [0.717, 1.165) is 44.9 Å². The van der Waals surface area contributed by atoms with E-state index >= 15 is 0 Å². The Kier molecular flexibility index (Phi) is 31.6. The van der Waals surface area contributed by atoms with Gasteiger partial charge in [-0.15, -0.1) is 0 Å². The smallest absolute Gasteiger partial charge is 0.243 e. The van der Waals surface area contributed by atoms with Crippen molar-refractivity contribution in [1.82, 2.24) is 20.4 Å². The normalized spacial score (nSPS) is 20.5. The third-order valence-electron chi connectivity index (χ3n) is 11.4. The van der Waals surface area contributed by atoms with Crippen LogP contribution in [0.15, 0.2) is 72.7 Å². The van der Waals surface area contributed by atoms with Crippen LogP contribution < -0.4 is 10.6 Å². The predicted octanol–water partition coefficient (Wildman–Crippen LogP) is 8.89. The number of unbranched alkanes of at least 4 members (excludes halogenated alkanes) is 2. The molecule has 10 unspecified atom stereocenters. The number of piperazine rings is 1. The molecule has 0 aromatic rings. The summed E-state index contributed by atoms with van der Waals surface area (Å²) in [7, 11) is 0.257. The first-order valence-corrected chi connectivity index (χ1v) is 25.5. The Bertz CT molecular complexity index is 1410. The average Bonchev–Trinajstić information content (AvgIpc) is 3.20. The van der Waals surface area contributed by atoms with Gasteiger partial charge in [0.05, 0.1) is 24.2 Å². The molecule has 1 rings (SSSR count). The summed E-state index contributed by atoms with van der Waals surface area (Å²) in [5.41, 5.74) is 0.298. The zero-order valence-electron chi connectivity index (χ0n) is 41.2. The second-order valence-corrected chi connectivity index (χ2v) is 20.9. The predicted molar refractivity (Wildman–Crippen MR) is 268 cm³/mol. The van der Waals surface area contributed by atoms with Crippen molar-refractivity contribution in [2.24, 2.45) is 29.1 Å². The van der Waals surface area contributed by atoms with Crippen LogP contribution in [0.25, 0.3) is 0 Å². The number of aliphatic hydroxyl groups is 4. The molecule has 0 bridgehead atoms. The van der Waals surface area contributed by atoms with Crippen LogP contribution >= 0.6 is 8.58 Å². The van der Waals surface area contributed by atoms with Gasteiger partial charge in [0.2, 0.25) is 11.8 Å². The van der Waals surface area contributed by atoms with Gasteiger partial charge in [0, 0.05) is 38.0 Å². The van der Waals surface area contributed by atoms with Crippen LogP contribution in [0.4, 0.5) is 0 Å². The maximum Gasteiger partial charge on any atom is 0.243 e. The zero-order valence-corrected chi connectivity index (χ0v) is 42.2. The fourth-order valence-corrected chi connectivity index (χ4v) is 8.57. The summed E-state index contributed by atoms with van der Waals surface area (Å²) in [4.78, 5) is 30.5. The Morgan fingerprint density at radius 1 is 0.651 bits per heavy atom. The maximum atomic E-state index is 13.2. The number of aliphatic hydroxyl groups excluding tert-OH is 4. The summed E-state index contributed by atoms with van der Waals surface area (Å²) >= 11 is 0. The molecule has 10 atom stereocenters. The molecule has 1 fully saturated rings. The second kappa shape index (κ2) is 34.0. The van der Waals surface area contributed by atoms with Gasteiger partial charge in [0.25, 0.3) is 0 Å². The highest BCUT2D eigenvalue weighted by molar-refractivity contribution is 7.42. The van der Waals surface area contributed by atoms with Crippen molar-refractivity contribution < 1.29 is 30.0 Å². The molecule has 362 valence electrons. The van der Waals surface area contributed by atoms with E-state index in [-0.39, 0.29) is 32.2 Å². The molecule has 10 nitrogen and oxygen atoms in total. The van der Waals surface area contributed by atoms with Crippen LogP contribution in [0.5, 0.6) is 0 Å². The third kappa shape index (κ3) is 29.7. The Morgan fingerprint density at radius 2 is 1.13 bits per heavy atom. The molecule has 0 aromatic heterocycles. The molecule has 6 N–H and O–H groups in total. The van der Waals surface area contributed by atoms with Crippen LogP contribution in [0.2, 0.25) is 0 Å². The largest absolute Gasteiger partial charge is 0.392 e. The van der Waals surface area contributed by atoms with Crippen LogP contribution in [0.3, 0.4) is 0 Å². The van der Waals surface area contributed by atoms with Gasteiger partial charge in [0.1, 0.15) is 12.1 Å². The van der Waals surface area contributed by atoms with Gasteiger partial charge in [0.15, 0.2) is 0 Å². The number of carbonyl (C=O) groups excluding carboxylic acids is 2. The summed E-state index contributed by atoms with van der Waals surface area (Å²) in [6.07, 6.45) is 29.9. The van der Waals surface area contributed by atoms with E-state index in [4.69, 9.17) is 0 Å². The number of hydrogen-bond donors (Lipinski definition) is 6. The molecule has 63 heavy (non-hydrogen) atoms. The Labute approximate surface area is 386 Å². The van der Waals surface area contributed by atoms with Crippen molar-refractivity contribution in [2.75, 3.05) is 39.3 Å². The van der Waals surface area contributed by atoms with Crippen LogP contribution in [-0.4, -0.2) is 118 Å². The molecule has 0 saturated carbocycles. The average molecular weight is 901 g/mol. The van der Waals surface area contributed by atoms with Crippen molar-refractivity contribution >= 4 is 20.4 Å². The molecular weight excluding hydrogens is 808 g/mol. The summed E-state index contributed by atoms with van der Waals surface area (Å²) < 4.78 is 0. The molecule has 1 heterocycles. The van der Waals surface area contributed by atoms with E-state index < -0.39 is 36.2 Å². The van der Waals surface area contributed by atoms with Gasteiger partial charge in [-0.25, -0.2) is 0 Å². The zero-order chi connectivity index (χ0) is 47.2. The first kappa shape index (κ1) is 58.6. The van der Waals surface area contributed by atoms with E-state index in [0.29, 0.717) is 82.2 Å². The van der Waals surface area contributed by atoms with Gasteiger partial charge < -0.3 is 31.1 Å². The SMILES string of the molecule is C/C=C\C/C=C\PC(O)CN(CCCCC1NC(=O)C(CCCCN(CC(O)CC)CC(O)C(C)/C=C\C/C=C\C(C)C)NC1=O)CC(O)C(C)/C=C\C/C=C\C(C)CC(C)(C)C. The van der Waals surface area contributed by atoms with E-state index in [9.17, 15) is 30.0 Å². The lowest BCUT2D eigenvalue weighted by Gasteiger charge is -2.31. The third-order valence-corrected chi connectivity index (χ3v) is 12.4. The van der Waals surface area contributed by atoms with Crippen molar-refractivity contribution in [3.63, 3.8) is 0 Å². The minimum absolute atomic E-state index is 0.0226. The summed E-state index contributed by atoms with van der Waals surface area (Å²) in [6.45, 7) is 24.4. The number of rotatable bonds is 34. The fourth-order valence-electron chi connectivity index (χ4n) is 7.71. The molecular formula is C52H93N4O6P. The number of amides is 2. The van der Waals surface area contributed by atoms with Gasteiger partial charge in [-0.05, 0) is 108 Å².